The van der Waals surface area contributed by atoms with E-state index in [1.54, 1.807) is 6.20 Å². The van der Waals surface area contributed by atoms with Crippen molar-refractivity contribution < 1.29 is 0 Å². The van der Waals surface area contributed by atoms with Crippen LogP contribution in [-0.2, 0) is 6.54 Å². The third-order valence-electron chi connectivity index (χ3n) is 4.15. The molecule has 2 heterocycles. The lowest BCUT2D eigenvalue weighted by atomic mass is 10.1. The van der Waals surface area contributed by atoms with Crippen LogP contribution in [0.25, 0.3) is 0 Å². The van der Waals surface area contributed by atoms with Crippen LogP contribution >= 0.6 is 11.6 Å². The maximum atomic E-state index is 6.27. The summed E-state index contributed by atoms with van der Waals surface area (Å²) < 4.78 is 0. The van der Waals surface area contributed by atoms with Crippen LogP contribution in [0.2, 0.25) is 5.02 Å². The molecule has 4 nitrogen and oxygen atoms in total. The highest BCUT2D eigenvalue weighted by Crippen LogP contribution is 2.24. The number of nitrogens with zero attached hydrogens (tertiary/aromatic N) is 3. The lowest BCUT2D eigenvalue weighted by molar-refractivity contribution is 0.327. The molecular formula is C16H27ClN4. The maximum absolute atomic E-state index is 6.27. The fourth-order valence-corrected chi connectivity index (χ4v) is 3.08. The lowest BCUT2D eigenvalue weighted by Crippen LogP contribution is -2.40. The van der Waals surface area contributed by atoms with E-state index in [2.05, 4.69) is 47.1 Å². The van der Waals surface area contributed by atoms with Crippen molar-refractivity contribution in [1.82, 2.24) is 15.2 Å². The van der Waals surface area contributed by atoms with Gasteiger partial charge in [0.2, 0.25) is 0 Å². The summed E-state index contributed by atoms with van der Waals surface area (Å²) in [6, 6.07) is 2.68. The van der Waals surface area contributed by atoms with Crippen LogP contribution in [0.15, 0.2) is 12.3 Å². The normalized spacial score (nSPS) is 20.6. The van der Waals surface area contributed by atoms with Crippen molar-refractivity contribution in [1.29, 1.82) is 0 Å². The van der Waals surface area contributed by atoms with Gasteiger partial charge in [-0.3, -0.25) is 0 Å². The molecule has 1 atom stereocenters. The zero-order chi connectivity index (χ0) is 15.2. The van der Waals surface area contributed by atoms with Gasteiger partial charge >= 0.3 is 0 Å². The molecule has 0 amide bonds. The molecule has 0 aromatic carbocycles. The molecule has 118 valence electrons. The first-order valence-electron chi connectivity index (χ1n) is 7.96. The minimum absolute atomic E-state index is 0.526. The molecule has 21 heavy (non-hydrogen) atoms. The van der Waals surface area contributed by atoms with E-state index in [9.17, 15) is 0 Å². The molecule has 1 unspecified atom stereocenters. The standard InChI is InChI=1S/C16H27ClN4/c1-4-14-12-20(3)7-6-8-21(14)16-9-13(10-18-5-2)15(17)11-19-16/h9,11,14,18H,4-8,10,12H2,1-3H3. The zero-order valence-electron chi connectivity index (χ0n) is 13.4. The van der Waals surface area contributed by atoms with Crippen LogP contribution in [0.3, 0.4) is 0 Å². The molecule has 0 aliphatic carbocycles. The topological polar surface area (TPSA) is 31.4 Å². The SMILES string of the molecule is CCNCc1cc(N2CCCN(C)CC2CC)ncc1Cl. The summed E-state index contributed by atoms with van der Waals surface area (Å²) in [5.41, 5.74) is 1.14. The monoisotopic (exact) mass is 310 g/mol. The summed E-state index contributed by atoms with van der Waals surface area (Å²) in [4.78, 5) is 9.46. The second kappa shape index (κ2) is 7.97. The van der Waals surface area contributed by atoms with Gasteiger partial charge in [0.05, 0.1) is 5.02 Å². The summed E-state index contributed by atoms with van der Waals surface area (Å²) >= 11 is 6.27. The third-order valence-corrected chi connectivity index (χ3v) is 4.49. The molecule has 1 N–H and O–H groups in total. The summed E-state index contributed by atoms with van der Waals surface area (Å²) in [5.74, 6) is 1.06. The van der Waals surface area contributed by atoms with E-state index >= 15 is 0 Å². The first-order chi connectivity index (χ1) is 10.2. The van der Waals surface area contributed by atoms with Crippen LogP contribution in [0, 0.1) is 0 Å². The van der Waals surface area contributed by atoms with Crippen LogP contribution in [0.5, 0.6) is 0 Å². The second-order valence-electron chi connectivity index (χ2n) is 5.79. The summed E-state index contributed by atoms with van der Waals surface area (Å²) in [6.07, 6.45) is 4.11. The van der Waals surface area contributed by atoms with Gasteiger partial charge in [-0.2, -0.15) is 0 Å². The Labute approximate surface area is 133 Å². The number of rotatable bonds is 5. The number of pyridine rings is 1. The van der Waals surface area contributed by atoms with E-state index in [1.165, 1.54) is 6.42 Å². The van der Waals surface area contributed by atoms with Gasteiger partial charge in [0.1, 0.15) is 5.82 Å². The van der Waals surface area contributed by atoms with Crippen molar-refractivity contribution in [2.45, 2.75) is 39.3 Å². The van der Waals surface area contributed by atoms with E-state index in [0.717, 1.165) is 55.5 Å². The van der Waals surface area contributed by atoms with Crippen molar-refractivity contribution in [3.63, 3.8) is 0 Å². The Morgan fingerprint density at radius 3 is 2.90 bits per heavy atom. The van der Waals surface area contributed by atoms with Gasteiger partial charge < -0.3 is 15.1 Å². The van der Waals surface area contributed by atoms with E-state index in [-0.39, 0.29) is 0 Å². The average Bonchev–Trinajstić information content (AvgIpc) is 2.67. The smallest absolute Gasteiger partial charge is 0.129 e. The molecule has 1 aliphatic rings. The lowest BCUT2D eigenvalue weighted by Gasteiger charge is -2.31. The molecule has 1 saturated heterocycles. The van der Waals surface area contributed by atoms with Crippen LogP contribution < -0.4 is 10.2 Å². The van der Waals surface area contributed by atoms with E-state index in [0.29, 0.717) is 6.04 Å². The summed E-state index contributed by atoms with van der Waals surface area (Å²) in [5, 5.41) is 4.09. The number of nitrogens with one attached hydrogen (secondary N) is 1. The highest BCUT2D eigenvalue weighted by molar-refractivity contribution is 6.31. The predicted octanol–water partition coefficient (Wildman–Crippen LogP) is 2.77. The molecule has 1 fully saturated rings. The number of hydrogen-bond donors (Lipinski definition) is 1. The van der Waals surface area contributed by atoms with Crippen molar-refractivity contribution >= 4 is 17.4 Å². The van der Waals surface area contributed by atoms with Crippen molar-refractivity contribution in [2.24, 2.45) is 0 Å². The molecule has 2 rings (SSSR count). The highest BCUT2D eigenvalue weighted by atomic mass is 35.5. The summed E-state index contributed by atoms with van der Waals surface area (Å²) in [7, 11) is 2.21. The Morgan fingerprint density at radius 2 is 2.19 bits per heavy atom. The molecule has 1 aromatic rings. The Bertz CT molecular complexity index is 452. The van der Waals surface area contributed by atoms with E-state index in [1.807, 2.05) is 0 Å². The maximum Gasteiger partial charge on any atom is 0.129 e. The van der Waals surface area contributed by atoms with Gasteiger partial charge in [-0.1, -0.05) is 25.4 Å². The largest absolute Gasteiger partial charge is 0.352 e. The second-order valence-corrected chi connectivity index (χ2v) is 6.19. The Hall–Kier alpha value is -0.840. The van der Waals surface area contributed by atoms with Crippen LogP contribution in [-0.4, -0.2) is 49.2 Å². The molecular weight excluding hydrogens is 284 g/mol. The van der Waals surface area contributed by atoms with Crippen molar-refractivity contribution in [3.05, 3.63) is 22.8 Å². The first kappa shape index (κ1) is 16.5. The van der Waals surface area contributed by atoms with Gasteiger partial charge in [0.25, 0.3) is 0 Å². The number of anilines is 1. The van der Waals surface area contributed by atoms with E-state index in [4.69, 9.17) is 11.6 Å². The minimum atomic E-state index is 0.526. The van der Waals surface area contributed by atoms with Gasteiger partial charge in [-0.05, 0) is 44.6 Å². The molecule has 5 heteroatoms. The molecule has 0 bridgehead atoms. The van der Waals surface area contributed by atoms with E-state index < -0.39 is 0 Å². The van der Waals surface area contributed by atoms with Crippen molar-refractivity contribution in [3.8, 4) is 0 Å². The van der Waals surface area contributed by atoms with Gasteiger partial charge in [-0.25, -0.2) is 4.98 Å². The quantitative estimate of drug-likeness (QED) is 0.906. The Balaban J connectivity index is 2.22. The van der Waals surface area contributed by atoms with Gasteiger partial charge in [0.15, 0.2) is 0 Å². The predicted molar refractivity (Wildman–Crippen MR) is 90.2 cm³/mol. The van der Waals surface area contributed by atoms with Gasteiger partial charge in [-0.15, -0.1) is 0 Å². The fraction of sp³-hybridized carbons (Fsp3) is 0.688. The molecule has 0 radical (unpaired) electrons. The fourth-order valence-electron chi connectivity index (χ4n) is 2.91. The highest BCUT2D eigenvalue weighted by Gasteiger charge is 2.23. The number of halogens is 1. The molecule has 1 aromatic heterocycles. The summed E-state index contributed by atoms with van der Waals surface area (Å²) in [6.45, 7) is 9.43. The average molecular weight is 311 g/mol. The number of likely N-dealkylation sites (N-methyl/N-ethyl adjacent to an activating group) is 1. The molecule has 0 spiro atoms. The Morgan fingerprint density at radius 1 is 1.38 bits per heavy atom. The first-order valence-corrected chi connectivity index (χ1v) is 8.33. The van der Waals surface area contributed by atoms with Gasteiger partial charge in [0, 0.05) is 31.9 Å². The third kappa shape index (κ3) is 4.31. The number of aromatic nitrogens is 1. The molecule has 0 saturated carbocycles. The van der Waals surface area contributed by atoms with Crippen molar-refractivity contribution in [2.75, 3.05) is 38.1 Å². The van der Waals surface area contributed by atoms with Crippen LogP contribution in [0.1, 0.15) is 32.3 Å². The molecule has 1 aliphatic heterocycles. The number of hydrogen-bond acceptors (Lipinski definition) is 4. The van der Waals surface area contributed by atoms with Crippen LogP contribution in [0.4, 0.5) is 5.82 Å². The Kier molecular flexibility index (Phi) is 6.27. The zero-order valence-corrected chi connectivity index (χ0v) is 14.2. The minimum Gasteiger partial charge on any atom is -0.352 e.